The molecule has 2 aromatic rings. The fraction of sp³-hybridized carbons (Fsp3) is 0.400. The van der Waals surface area contributed by atoms with Gasteiger partial charge in [-0.3, -0.25) is 0 Å². The van der Waals surface area contributed by atoms with Crippen molar-refractivity contribution in [1.82, 2.24) is 0 Å². The molecular formula is C20H26. The normalized spacial score (nSPS) is 13.2. The zero-order valence-electron chi connectivity index (χ0n) is 13.4. The minimum atomic E-state index is 0.166. The zero-order chi connectivity index (χ0) is 14.8. The van der Waals surface area contributed by atoms with Gasteiger partial charge in [-0.25, -0.2) is 0 Å². The molecule has 2 aromatic carbocycles. The second-order valence-corrected chi connectivity index (χ2v) is 6.69. The van der Waals surface area contributed by atoms with E-state index >= 15 is 0 Å². The molecule has 0 aliphatic carbocycles. The lowest BCUT2D eigenvalue weighted by Crippen LogP contribution is -2.13. The predicted octanol–water partition coefficient (Wildman–Crippen LogP) is 6.16. The highest BCUT2D eigenvalue weighted by Gasteiger charge is 2.20. The molecule has 0 heterocycles. The maximum atomic E-state index is 2.32. The van der Waals surface area contributed by atoms with Gasteiger partial charge in [0.1, 0.15) is 0 Å². The Balaban J connectivity index is 2.64. The van der Waals surface area contributed by atoms with E-state index in [1.807, 2.05) is 0 Å². The van der Waals surface area contributed by atoms with Crippen LogP contribution in [0, 0.1) is 0 Å². The Bertz CT molecular complexity index is 573. The van der Waals surface area contributed by atoms with Gasteiger partial charge in [-0.05, 0) is 40.0 Å². The monoisotopic (exact) mass is 266 g/mol. The Hall–Kier alpha value is -1.56. The summed E-state index contributed by atoms with van der Waals surface area (Å²) in [6.07, 6.45) is 1.18. The molecule has 0 fully saturated rings. The standard InChI is InChI=1S/C20H26/c1-6-15(2)16-11-7-8-12-17(16)18-13-9-10-14-19(18)20(3,4)5/h7-15H,6H2,1-5H3. The molecule has 0 nitrogen and oxygen atoms in total. The fourth-order valence-corrected chi connectivity index (χ4v) is 2.76. The van der Waals surface area contributed by atoms with Gasteiger partial charge >= 0.3 is 0 Å². The van der Waals surface area contributed by atoms with Crippen molar-refractivity contribution in [2.45, 2.75) is 52.4 Å². The highest BCUT2D eigenvalue weighted by atomic mass is 14.2. The fourth-order valence-electron chi connectivity index (χ4n) is 2.76. The minimum absolute atomic E-state index is 0.166. The average Bonchev–Trinajstić information content (AvgIpc) is 2.45. The van der Waals surface area contributed by atoms with Crippen LogP contribution in [0.4, 0.5) is 0 Å². The lowest BCUT2D eigenvalue weighted by atomic mass is 9.79. The molecule has 0 aromatic heterocycles. The van der Waals surface area contributed by atoms with Gasteiger partial charge in [0.15, 0.2) is 0 Å². The van der Waals surface area contributed by atoms with Crippen molar-refractivity contribution in [3.05, 3.63) is 59.7 Å². The molecule has 20 heavy (non-hydrogen) atoms. The summed E-state index contributed by atoms with van der Waals surface area (Å²) in [4.78, 5) is 0. The molecule has 0 saturated heterocycles. The highest BCUT2D eigenvalue weighted by molar-refractivity contribution is 5.72. The van der Waals surface area contributed by atoms with Crippen LogP contribution in [0.25, 0.3) is 11.1 Å². The Morgan fingerprint density at radius 3 is 2.00 bits per heavy atom. The molecule has 0 aliphatic rings. The van der Waals surface area contributed by atoms with Gasteiger partial charge in [0.2, 0.25) is 0 Å². The van der Waals surface area contributed by atoms with Crippen LogP contribution in [-0.4, -0.2) is 0 Å². The highest BCUT2D eigenvalue weighted by Crippen LogP contribution is 2.37. The molecule has 1 atom stereocenters. The van der Waals surface area contributed by atoms with E-state index in [4.69, 9.17) is 0 Å². The van der Waals surface area contributed by atoms with Gasteiger partial charge in [-0.15, -0.1) is 0 Å². The first-order valence-electron chi connectivity index (χ1n) is 7.64. The quantitative estimate of drug-likeness (QED) is 0.623. The molecule has 0 amide bonds. The van der Waals surface area contributed by atoms with Crippen LogP contribution in [0.2, 0.25) is 0 Å². The molecular weight excluding hydrogens is 240 g/mol. The van der Waals surface area contributed by atoms with Crippen molar-refractivity contribution in [1.29, 1.82) is 0 Å². The van der Waals surface area contributed by atoms with Crippen LogP contribution in [0.5, 0.6) is 0 Å². The van der Waals surface area contributed by atoms with Crippen molar-refractivity contribution >= 4 is 0 Å². The van der Waals surface area contributed by atoms with E-state index in [9.17, 15) is 0 Å². The first kappa shape index (κ1) is 14.8. The van der Waals surface area contributed by atoms with Crippen LogP contribution in [0.15, 0.2) is 48.5 Å². The van der Waals surface area contributed by atoms with Gasteiger partial charge in [-0.1, -0.05) is 83.1 Å². The van der Waals surface area contributed by atoms with E-state index in [2.05, 4.69) is 83.1 Å². The van der Waals surface area contributed by atoms with Gasteiger partial charge in [0, 0.05) is 0 Å². The van der Waals surface area contributed by atoms with Crippen LogP contribution in [-0.2, 0) is 5.41 Å². The lowest BCUT2D eigenvalue weighted by Gasteiger charge is -2.25. The second kappa shape index (κ2) is 5.83. The maximum absolute atomic E-state index is 2.32. The van der Waals surface area contributed by atoms with Gasteiger partial charge in [0.25, 0.3) is 0 Å². The Kier molecular flexibility index (Phi) is 4.32. The van der Waals surface area contributed by atoms with Crippen molar-refractivity contribution < 1.29 is 0 Å². The molecule has 2 rings (SSSR count). The molecule has 0 aliphatic heterocycles. The summed E-state index contributed by atoms with van der Waals surface area (Å²) in [5.74, 6) is 0.597. The van der Waals surface area contributed by atoms with E-state index in [0.717, 1.165) is 0 Å². The van der Waals surface area contributed by atoms with E-state index in [0.29, 0.717) is 5.92 Å². The third kappa shape index (κ3) is 2.95. The topological polar surface area (TPSA) is 0 Å². The Morgan fingerprint density at radius 1 is 0.850 bits per heavy atom. The van der Waals surface area contributed by atoms with Gasteiger partial charge in [0.05, 0.1) is 0 Å². The summed E-state index contributed by atoms with van der Waals surface area (Å²) < 4.78 is 0. The molecule has 0 saturated carbocycles. The predicted molar refractivity (Wildman–Crippen MR) is 89.3 cm³/mol. The Labute approximate surface area is 123 Å². The maximum Gasteiger partial charge on any atom is -0.0126 e. The molecule has 0 heteroatoms. The van der Waals surface area contributed by atoms with Crippen LogP contribution in [0.3, 0.4) is 0 Å². The number of rotatable bonds is 3. The van der Waals surface area contributed by atoms with E-state index in [-0.39, 0.29) is 5.41 Å². The zero-order valence-corrected chi connectivity index (χ0v) is 13.4. The molecule has 0 radical (unpaired) electrons. The van der Waals surface area contributed by atoms with E-state index < -0.39 is 0 Å². The number of benzene rings is 2. The van der Waals surface area contributed by atoms with Crippen molar-refractivity contribution in [2.24, 2.45) is 0 Å². The first-order chi connectivity index (χ1) is 9.45. The van der Waals surface area contributed by atoms with Crippen LogP contribution >= 0.6 is 0 Å². The molecule has 0 bridgehead atoms. The summed E-state index contributed by atoms with van der Waals surface area (Å²) >= 11 is 0. The van der Waals surface area contributed by atoms with Crippen molar-refractivity contribution in [3.8, 4) is 11.1 Å². The van der Waals surface area contributed by atoms with E-state index in [1.54, 1.807) is 0 Å². The number of hydrogen-bond acceptors (Lipinski definition) is 0. The molecule has 1 unspecified atom stereocenters. The SMILES string of the molecule is CCC(C)c1ccccc1-c1ccccc1C(C)(C)C. The summed E-state index contributed by atoms with van der Waals surface area (Å²) in [5.41, 5.74) is 5.84. The summed E-state index contributed by atoms with van der Waals surface area (Å²) in [6, 6.07) is 17.7. The molecule has 0 spiro atoms. The first-order valence-corrected chi connectivity index (χ1v) is 7.64. The molecule has 106 valence electrons. The van der Waals surface area contributed by atoms with Crippen molar-refractivity contribution in [2.75, 3.05) is 0 Å². The average molecular weight is 266 g/mol. The summed E-state index contributed by atoms with van der Waals surface area (Å²) in [6.45, 7) is 11.4. The van der Waals surface area contributed by atoms with Gasteiger partial charge in [-0.2, -0.15) is 0 Å². The lowest BCUT2D eigenvalue weighted by molar-refractivity contribution is 0.592. The Morgan fingerprint density at radius 2 is 1.40 bits per heavy atom. The summed E-state index contributed by atoms with van der Waals surface area (Å²) in [7, 11) is 0. The van der Waals surface area contributed by atoms with Gasteiger partial charge < -0.3 is 0 Å². The summed E-state index contributed by atoms with van der Waals surface area (Å²) in [5, 5.41) is 0. The third-order valence-corrected chi connectivity index (χ3v) is 4.13. The minimum Gasteiger partial charge on any atom is -0.0648 e. The van der Waals surface area contributed by atoms with Crippen LogP contribution < -0.4 is 0 Å². The smallest absolute Gasteiger partial charge is 0.0126 e. The van der Waals surface area contributed by atoms with Crippen molar-refractivity contribution in [3.63, 3.8) is 0 Å². The largest absolute Gasteiger partial charge is 0.0648 e. The van der Waals surface area contributed by atoms with E-state index in [1.165, 1.54) is 28.7 Å². The molecule has 0 N–H and O–H groups in total. The number of hydrogen-bond donors (Lipinski definition) is 0. The third-order valence-electron chi connectivity index (χ3n) is 4.13. The second-order valence-electron chi connectivity index (χ2n) is 6.69. The van der Waals surface area contributed by atoms with Crippen LogP contribution in [0.1, 0.15) is 58.1 Å².